The minimum absolute atomic E-state index is 0.226. The first-order chi connectivity index (χ1) is 6.70. The Morgan fingerprint density at radius 1 is 1.86 bits per heavy atom. The highest BCUT2D eigenvalue weighted by Gasteiger charge is 2.18. The van der Waals surface area contributed by atoms with Crippen LogP contribution in [0.25, 0.3) is 0 Å². The van der Waals surface area contributed by atoms with Crippen LogP contribution in [-0.2, 0) is 6.54 Å². The van der Waals surface area contributed by atoms with E-state index >= 15 is 0 Å². The van der Waals surface area contributed by atoms with E-state index in [4.69, 9.17) is 5.21 Å². The number of amides is 1. The molecule has 0 saturated heterocycles. The number of aromatic nitrogens is 2. The second-order valence-electron chi connectivity index (χ2n) is 3.42. The summed E-state index contributed by atoms with van der Waals surface area (Å²) in [5.74, 6) is 0.101. The van der Waals surface area contributed by atoms with Crippen LogP contribution in [0.1, 0.15) is 23.8 Å². The molecule has 0 aromatic carbocycles. The van der Waals surface area contributed by atoms with Crippen LogP contribution < -0.4 is 10.8 Å². The Balaban J connectivity index is 2.27. The molecule has 1 atom stereocenters. The lowest BCUT2D eigenvalue weighted by molar-refractivity contribution is 0.0701. The lowest BCUT2D eigenvalue weighted by atomic mass is 10.2. The average Bonchev–Trinajstić information content (AvgIpc) is 2.59. The molecule has 0 radical (unpaired) electrons. The van der Waals surface area contributed by atoms with Crippen molar-refractivity contribution in [2.45, 2.75) is 25.9 Å². The third kappa shape index (κ3) is 1.44. The number of imidazole rings is 1. The molecule has 1 unspecified atom stereocenters. The molecule has 0 fully saturated rings. The zero-order valence-corrected chi connectivity index (χ0v) is 7.82. The highest BCUT2D eigenvalue weighted by atomic mass is 16.5. The third-order valence-corrected chi connectivity index (χ3v) is 2.29. The standard InChI is InChI=1S/C8H12N4O2/c1-5-2-3-12-4-6(7(13)11-14)10-8(12)9-5/h4-5,14H,2-3H2,1H3,(H,9,10)(H,11,13). The van der Waals surface area contributed by atoms with Crippen molar-refractivity contribution in [1.29, 1.82) is 0 Å². The number of fused-ring (bicyclic) bond motifs is 1. The largest absolute Gasteiger partial charge is 0.353 e. The number of hydroxylamine groups is 1. The number of aryl methyl sites for hydroxylation is 1. The van der Waals surface area contributed by atoms with Crippen LogP contribution in [0.15, 0.2) is 6.20 Å². The molecule has 0 saturated carbocycles. The van der Waals surface area contributed by atoms with Crippen molar-refractivity contribution < 1.29 is 10.0 Å². The van der Waals surface area contributed by atoms with Crippen molar-refractivity contribution in [3.05, 3.63) is 11.9 Å². The number of hydrogen-bond donors (Lipinski definition) is 3. The minimum Gasteiger partial charge on any atom is -0.353 e. The molecule has 14 heavy (non-hydrogen) atoms. The quantitative estimate of drug-likeness (QED) is 0.443. The Morgan fingerprint density at radius 2 is 2.64 bits per heavy atom. The SMILES string of the molecule is CC1CCn2cc(C(=O)NO)nc2N1. The molecule has 0 bridgehead atoms. The van der Waals surface area contributed by atoms with Crippen LogP contribution in [0, 0.1) is 0 Å². The molecule has 1 amide bonds. The van der Waals surface area contributed by atoms with Gasteiger partial charge in [0.2, 0.25) is 5.95 Å². The van der Waals surface area contributed by atoms with E-state index in [0.717, 1.165) is 13.0 Å². The zero-order valence-electron chi connectivity index (χ0n) is 7.82. The molecule has 1 aliphatic rings. The fraction of sp³-hybridized carbons (Fsp3) is 0.500. The molecule has 2 rings (SSSR count). The van der Waals surface area contributed by atoms with Gasteiger partial charge >= 0.3 is 0 Å². The Morgan fingerprint density at radius 3 is 3.36 bits per heavy atom. The van der Waals surface area contributed by atoms with Crippen LogP contribution >= 0.6 is 0 Å². The van der Waals surface area contributed by atoms with Crippen molar-refractivity contribution >= 4 is 11.9 Å². The van der Waals surface area contributed by atoms with E-state index in [1.807, 2.05) is 4.57 Å². The molecule has 76 valence electrons. The van der Waals surface area contributed by atoms with Crippen molar-refractivity contribution in [3.8, 4) is 0 Å². The number of nitrogens with one attached hydrogen (secondary N) is 2. The molecule has 2 heterocycles. The number of rotatable bonds is 1. The smallest absolute Gasteiger partial charge is 0.294 e. The van der Waals surface area contributed by atoms with Crippen LogP contribution in [0.2, 0.25) is 0 Å². The lowest BCUT2D eigenvalue weighted by Gasteiger charge is -2.21. The van der Waals surface area contributed by atoms with Gasteiger partial charge in [0.15, 0.2) is 5.69 Å². The molecule has 1 aliphatic heterocycles. The molecule has 0 spiro atoms. The van der Waals surface area contributed by atoms with Gasteiger partial charge in [0.1, 0.15) is 0 Å². The van der Waals surface area contributed by atoms with Gasteiger partial charge in [0.05, 0.1) is 0 Å². The maximum atomic E-state index is 11.0. The van der Waals surface area contributed by atoms with E-state index in [1.54, 1.807) is 11.7 Å². The highest BCUT2D eigenvalue weighted by Crippen LogP contribution is 2.17. The van der Waals surface area contributed by atoms with E-state index in [2.05, 4.69) is 17.2 Å². The second-order valence-corrected chi connectivity index (χ2v) is 3.42. The maximum absolute atomic E-state index is 11.0. The fourth-order valence-electron chi connectivity index (χ4n) is 1.49. The van der Waals surface area contributed by atoms with Crippen molar-refractivity contribution in [3.63, 3.8) is 0 Å². The van der Waals surface area contributed by atoms with Gasteiger partial charge in [-0.05, 0) is 13.3 Å². The number of carbonyl (C=O) groups excluding carboxylic acids is 1. The first-order valence-corrected chi connectivity index (χ1v) is 4.49. The predicted molar refractivity (Wildman–Crippen MR) is 49.2 cm³/mol. The number of anilines is 1. The summed E-state index contributed by atoms with van der Waals surface area (Å²) in [6.45, 7) is 2.90. The maximum Gasteiger partial charge on any atom is 0.294 e. The molecule has 6 nitrogen and oxygen atoms in total. The van der Waals surface area contributed by atoms with Crippen molar-refractivity contribution in [2.24, 2.45) is 0 Å². The summed E-state index contributed by atoms with van der Waals surface area (Å²) in [4.78, 5) is 15.1. The molecule has 3 N–H and O–H groups in total. The summed E-state index contributed by atoms with van der Waals surface area (Å²) in [5.41, 5.74) is 1.79. The molecule has 0 aliphatic carbocycles. The predicted octanol–water partition coefficient (Wildman–Crippen LogP) is 0.206. The Labute approximate surface area is 80.9 Å². The Bertz CT molecular complexity index is 360. The second kappa shape index (κ2) is 3.30. The normalized spacial score (nSPS) is 19.7. The molecule has 1 aromatic heterocycles. The summed E-state index contributed by atoms with van der Waals surface area (Å²) in [5, 5.41) is 11.6. The number of carbonyl (C=O) groups is 1. The Kier molecular flexibility index (Phi) is 2.12. The lowest BCUT2D eigenvalue weighted by Crippen LogP contribution is -2.25. The van der Waals surface area contributed by atoms with Gasteiger partial charge < -0.3 is 9.88 Å². The van der Waals surface area contributed by atoms with Gasteiger partial charge in [-0.25, -0.2) is 10.5 Å². The summed E-state index contributed by atoms with van der Waals surface area (Å²) in [6, 6.07) is 0.370. The van der Waals surface area contributed by atoms with E-state index in [-0.39, 0.29) is 5.69 Å². The van der Waals surface area contributed by atoms with Gasteiger partial charge in [-0.3, -0.25) is 10.0 Å². The van der Waals surface area contributed by atoms with Crippen LogP contribution in [-0.4, -0.2) is 26.7 Å². The zero-order chi connectivity index (χ0) is 10.1. The van der Waals surface area contributed by atoms with Gasteiger partial charge in [-0.15, -0.1) is 0 Å². The molecular weight excluding hydrogens is 184 g/mol. The summed E-state index contributed by atoms with van der Waals surface area (Å²) in [7, 11) is 0. The summed E-state index contributed by atoms with van der Waals surface area (Å²) < 4.78 is 1.87. The van der Waals surface area contributed by atoms with E-state index in [9.17, 15) is 4.79 Å². The van der Waals surface area contributed by atoms with Crippen molar-refractivity contribution in [2.75, 3.05) is 5.32 Å². The van der Waals surface area contributed by atoms with Gasteiger partial charge in [-0.1, -0.05) is 0 Å². The monoisotopic (exact) mass is 196 g/mol. The first kappa shape index (κ1) is 9.01. The summed E-state index contributed by atoms with van der Waals surface area (Å²) >= 11 is 0. The number of nitrogens with zero attached hydrogens (tertiary/aromatic N) is 2. The van der Waals surface area contributed by atoms with E-state index in [0.29, 0.717) is 12.0 Å². The highest BCUT2D eigenvalue weighted by molar-refractivity contribution is 5.91. The third-order valence-electron chi connectivity index (χ3n) is 2.29. The van der Waals surface area contributed by atoms with Gasteiger partial charge in [-0.2, -0.15) is 0 Å². The Hall–Kier alpha value is -1.56. The van der Waals surface area contributed by atoms with E-state index < -0.39 is 5.91 Å². The van der Waals surface area contributed by atoms with E-state index in [1.165, 1.54) is 0 Å². The van der Waals surface area contributed by atoms with Gasteiger partial charge in [0, 0.05) is 18.8 Å². The van der Waals surface area contributed by atoms with Gasteiger partial charge in [0.25, 0.3) is 5.91 Å². The molecular formula is C8H12N4O2. The molecule has 6 heteroatoms. The van der Waals surface area contributed by atoms with Crippen LogP contribution in [0.4, 0.5) is 5.95 Å². The average molecular weight is 196 g/mol. The minimum atomic E-state index is -0.582. The van der Waals surface area contributed by atoms with Crippen LogP contribution in [0.3, 0.4) is 0 Å². The van der Waals surface area contributed by atoms with Crippen molar-refractivity contribution in [1.82, 2.24) is 15.0 Å². The summed E-state index contributed by atoms with van der Waals surface area (Å²) in [6.07, 6.45) is 2.63. The molecule has 1 aromatic rings. The number of hydrogen-bond acceptors (Lipinski definition) is 4. The van der Waals surface area contributed by atoms with Crippen LogP contribution in [0.5, 0.6) is 0 Å². The fourth-order valence-corrected chi connectivity index (χ4v) is 1.49. The first-order valence-electron chi connectivity index (χ1n) is 4.49. The topological polar surface area (TPSA) is 79.2 Å².